The minimum absolute atomic E-state index is 0.182. The van der Waals surface area contributed by atoms with Crippen molar-refractivity contribution in [3.05, 3.63) is 35.9 Å². The summed E-state index contributed by atoms with van der Waals surface area (Å²) < 4.78 is 0. The molecule has 0 aliphatic rings. The summed E-state index contributed by atoms with van der Waals surface area (Å²) in [5.74, 6) is -1.74. The van der Waals surface area contributed by atoms with E-state index in [2.05, 4.69) is 16.0 Å². The number of nitrogens with one attached hydrogen (secondary N) is 3. The minimum atomic E-state index is -1.07. The van der Waals surface area contributed by atoms with Crippen LogP contribution in [0.2, 0.25) is 0 Å². The lowest BCUT2D eigenvalue weighted by Crippen LogP contribution is -2.55. The highest BCUT2D eigenvalue weighted by Crippen LogP contribution is 2.06. The number of benzene rings is 1. The van der Waals surface area contributed by atoms with E-state index in [1.54, 1.807) is 13.8 Å². The van der Waals surface area contributed by atoms with E-state index in [0.29, 0.717) is 19.4 Å². The van der Waals surface area contributed by atoms with Crippen molar-refractivity contribution in [1.82, 2.24) is 16.0 Å². The summed E-state index contributed by atoms with van der Waals surface area (Å²) in [5.41, 5.74) is 0.943. The molecule has 0 radical (unpaired) electrons. The van der Waals surface area contributed by atoms with Gasteiger partial charge in [0.2, 0.25) is 5.91 Å². The van der Waals surface area contributed by atoms with E-state index in [1.807, 2.05) is 37.3 Å². The van der Waals surface area contributed by atoms with Gasteiger partial charge in [0.25, 0.3) is 0 Å². The number of hydrogen-bond donors (Lipinski definition) is 4. The van der Waals surface area contributed by atoms with E-state index in [9.17, 15) is 19.5 Å². The molecule has 0 heterocycles. The molecule has 1 aromatic carbocycles. The van der Waals surface area contributed by atoms with Crippen molar-refractivity contribution in [2.45, 2.75) is 58.7 Å². The fourth-order valence-electron chi connectivity index (χ4n) is 2.43. The first-order valence-corrected chi connectivity index (χ1v) is 8.96. The maximum absolute atomic E-state index is 12.5. The monoisotopic (exact) mass is 363 g/mol. The number of carbonyl (C=O) groups excluding carboxylic acids is 2. The Labute approximate surface area is 154 Å². The third-order valence-electron chi connectivity index (χ3n) is 3.99. The largest absolute Gasteiger partial charge is 0.480 e. The molecule has 0 aromatic heterocycles. The van der Waals surface area contributed by atoms with E-state index in [-0.39, 0.29) is 5.92 Å². The first kappa shape index (κ1) is 21.5. The Morgan fingerprint density at radius 3 is 2.27 bits per heavy atom. The Bertz CT molecular complexity index is 590. The molecule has 0 fully saturated rings. The van der Waals surface area contributed by atoms with Crippen LogP contribution in [0.4, 0.5) is 4.79 Å². The summed E-state index contributed by atoms with van der Waals surface area (Å²) in [6, 6.07) is 7.19. The molecule has 26 heavy (non-hydrogen) atoms. The third kappa shape index (κ3) is 7.55. The molecule has 0 saturated heterocycles. The van der Waals surface area contributed by atoms with Crippen LogP contribution in [-0.4, -0.2) is 35.1 Å². The summed E-state index contributed by atoms with van der Waals surface area (Å²) in [4.78, 5) is 35.9. The number of hydrogen-bond acceptors (Lipinski definition) is 3. The second kappa shape index (κ2) is 11.1. The normalized spacial score (nSPS) is 12.9. The van der Waals surface area contributed by atoms with E-state index in [0.717, 1.165) is 12.0 Å². The molecular weight excluding hydrogens is 334 g/mol. The van der Waals surface area contributed by atoms with Crippen LogP contribution in [0, 0.1) is 5.92 Å². The highest BCUT2D eigenvalue weighted by molar-refractivity contribution is 5.90. The zero-order valence-electron chi connectivity index (χ0n) is 15.6. The zero-order chi connectivity index (χ0) is 19.5. The number of amides is 3. The summed E-state index contributed by atoms with van der Waals surface area (Å²) in [6.07, 6.45) is 1.91. The molecule has 0 bridgehead atoms. The molecular formula is C19H29N3O4. The molecule has 0 aliphatic carbocycles. The minimum Gasteiger partial charge on any atom is -0.480 e. The van der Waals surface area contributed by atoms with Crippen molar-refractivity contribution >= 4 is 17.9 Å². The van der Waals surface area contributed by atoms with Gasteiger partial charge in [0.1, 0.15) is 12.1 Å². The molecule has 2 atom stereocenters. The lowest BCUT2D eigenvalue weighted by Gasteiger charge is -2.24. The predicted octanol–water partition coefficient (Wildman–Crippen LogP) is 2.27. The van der Waals surface area contributed by atoms with Gasteiger partial charge in [0.05, 0.1) is 0 Å². The first-order valence-electron chi connectivity index (χ1n) is 8.96. The Balaban J connectivity index is 2.61. The molecule has 7 heteroatoms. The highest BCUT2D eigenvalue weighted by atomic mass is 16.4. The van der Waals surface area contributed by atoms with Gasteiger partial charge in [-0.3, -0.25) is 4.79 Å². The van der Waals surface area contributed by atoms with Crippen LogP contribution in [0.3, 0.4) is 0 Å². The van der Waals surface area contributed by atoms with Crippen molar-refractivity contribution in [2.24, 2.45) is 5.92 Å². The SMILES string of the molecule is CCCCC(NC(=O)C(NC(=O)NCc1ccccc1)C(C)C)C(=O)O. The fraction of sp³-hybridized carbons (Fsp3) is 0.526. The molecule has 0 aliphatic heterocycles. The van der Waals surface area contributed by atoms with E-state index in [4.69, 9.17) is 0 Å². The van der Waals surface area contributed by atoms with Crippen molar-refractivity contribution in [3.8, 4) is 0 Å². The number of carboxylic acid groups (broad SMARTS) is 1. The summed E-state index contributed by atoms with van der Waals surface area (Å²) in [6.45, 7) is 5.89. The molecule has 7 nitrogen and oxygen atoms in total. The lowest BCUT2D eigenvalue weighted by atomic mass is 10.0. The van der Waals surface area contributed by atoms with Gasteiger partial charge in [-0.05, 0) is 17.9 Å². The Morgan fingerprint density at radius 2 is 1.73 bits per heavy atom. The Hall–Kier alpha value is -2.57. The van der Waals surface area contributed by atoms with Gasteiger partial charge in [-0.2, -0.15) is 0 Å². The number of unbranched alkanes of at least 4 members (excludes halogenated alkanes) is 1. The molecule has 1 aromatic rings. The summed E-state index contributed by atoms with van der Waals surface area (Å²) >= 11 is 0. The number of urea groups is 1. The highest BCUT2D eigenvalue weighted by Gasteiger charge is 2.28. The lowest BCUT2D eigenvalue weighted by molar-refractivity contribution is -0.142. The van der Waals surface area contributed by atoms with Crippen LogP contribution in [0.25, 0.3) is 0 Å². The van der Waals surface area contributed by atoms with Crippen LogP contribution < -0.4 is 16.0 Å². The molecule has 1 rings (SSSR count). The molecule has 0 saturated carbocycles. The maximum atomic E-state index is 12.5. The van der Waals surface area contributed by atoms with Crippen molar-refractivity contribution in [2.75, 3.05) is 0 Å². The quantitative estimate of drug-likeness (QED) is 0.511. The second-order valence-electron chi connectivity index (χ2n) is 6.58. The number of rotatable bonds is 10. The summed E-state index contributed by atoms with van der Waals surface area (Å²) in [5, 5.41) is 17.1. The molecule has 0 spiro atoms. The first-order chi connectivity index (χ1) is 12.3. The Kier molecular flexibility index (Phi) is 9.19. The molecule has 4 N–H and O–H groups in total. The molecule has 3 amide bonds. The molecule has 2 unspecified atom stereocenters. The third-order valence-corrected chi connectivity index (χ3v) is 3.99. The fourth-order valence-corrected chi connectivity index (χ4v) is 2.43. The summed E-state index contributed by atoms with van der Waals surface area (Å²) in [7, 11) is 0. The van der Waals surface area contributed by atoms with Gasteiger partial charge in [-0.1, -0.05) is 63.9 Å². The van der Waals surface area contributed by atoms with Crippen molar-refractivity contribution < 1.29 is 19.5 Å². The average Bonchev–Trinajstić information content (AvgIpc) is 2.61. The number of carbonyl (C=O) groups is 3. The van der Waals surface area contributed by atoms with Gasteiger partial charge < -0.3 is 21.1 Å². The predicted molar refractivity (Wildman–Crippen MR) is 99.5 cm³/mol. The van der Waals surface area contributed by atoms with Crippen LogP contribution in [0.5, 0.6) is 0 Å². The van der Waals surface area contributed by atoms with Gasteiger partial charge in [0.15, 0.2) is 0 Å². The van der Waals surface area contributed by atoms with E-state index < -0.39 is 30.0 Å². The zero-order valence-corrected chi connectivity index (χ0v) is 15.6. The smallest absolute Gasteiger partial charge is 0.326 e. The number of carboxylic acids is 1. The maximum Gasteiger partial charge on any atom is 0.326 e. The van der Waals surface area contributed by atoms with Gasteiger partial charge in [-0.25, -0.2) is 9.59 Å². The van der Waals surface area contributed by atoms with E-state index >= 15 is 0 Å². The van der Waals surface area contributed by atoms with Crippen molar-refractivity contribution in [1.29, 1.82) is 0 Å². The Morgan fingerprint density at radius 1 is 1.08 bits per heavy atom. The van der Waals surface area contributed by atoms with Gasteiger partial charge >= 0.3 is 12.0 Å². The average molecular weight is 363 g/mol. The van der Waals surface area contributed by atoms with Crippen molar-refractivity contribution in [3.63, 3.8) is 0 Å². The topological polar surface area (TPSA) is 108 Å². The van der Waals surface area contributed by atoms with Gasteiger partial charge in [-0.15, -0.1) is 0 Å². The van der Waals surface area contributed by atoms with Gasteiger partial charge in [0, 0.05) is 6.54 Å². The van der Waals surface area contributed by atoms with Crippen LogP contribution in [0.15, 0.2) is 30.3 Å². The second-order valence-corrected chi connectivity index (χ2v) is 6.58. The molecule has 144 valence electrons. The standard InChI is InChI=1S/C19H29N3O4/c1-4-5-11-15(18(24)25)21-17(23)16(13(2)3)22-19(26)20-12-14-9-7-6-8-10-14/h6-10,13,15-16H,4-5,11-12H2,1-3H3,(H,21,23)(H,24,25)(H2,20,22,26). The van der Waals surface area contributed by atoms with Crippen LogP contribution in [0.1, 0.15) is 45.6 Å². The number of aliphatic carboxylic acids is 1. The van der Waals surface area contributed by atoms with Crippen LogP contribution >= 0.6 is 0 Å². The van der Waals surface area contributed by atoms with Crippen LogP contribution in [-0.2, 0) is 16.1 Å². The van der Waals surface area contributed by atoms with E-state index in [1.165, 1.54) is 0 Å².